The number of nitrogens with zero attached hydrogens (tertiary/aromatic N) is 2. The van der Waals surface area contributed by atoms with E-state index in [4.69, 9.17) is 0 Å². The van der Waals surface area contributed by atoms with E-state index in [1.807, 2.05) is 0 Å². The molecule has 142 valence electrons. The summed E-state index contributed by atoms with van der Waals surface area (Å²) in [6.45, 7) is 0.382. The van der Waals surface area contributed by atoms with Gasteiger partial charge >= 0.3 is 5.97 Å². The van der Waals surface area contributed by atoms with E-state index in [0.29, 0.717) is 25.1 Å². The van der Waals surface area contributed by atoms with Crippen LogP contribution in [0.3, 0.4) is 0 Å². The van der Waals surface area contributed by atoms with E-state index in [0.717, 1.165) is 0 Å². The van der Waals surface area contributed by atoms with E-state index in [-0.39, 0.29) is 10.5 Å². The van der Waals surface area contributed by atoms with Crippen LogP contribution in [0.25, 0.3) is 0 Å². The highest BCUT2D eigenvalue weighted by Crippen LogP contribution is 2.24. The lowest BCUT2D eigenvalue weighted by Gasteiger charge is -2.22. The Bertz CT molecular complexity index is 942. The van der Waals surface area contributed by atoms with Gasteiger partial charge in [0.05, 0.1) is 10.6 Å². The van der Waals surface area contributed by atoms with Crippen molar-refractivity contribution in [1.29, 1.82) is 0 Å². The van der Waals surface area contributed by atoms with Crippen LogP contribution in [-0.2, 0) is 14.8 Å². The zero-order chi connectivity index (χ0) is 19.6. The molecule has 8 heteroatoms. The number of carboxylic acids is 1. The van der Waals surface area contributed by atoms with Gasteiger partial charge in [-0.25, -0.2) is 13.2 Å². The summed E-state index contributed by atoms with van der Waals surface area (Å²) in [6, 6.07) is 13.4. The lowest BCUT2D eigenvalue weighted by Crippen LogP contribution is -2.40. The smallest absolute Gasteiger partial charge is 0.326 e. The molecule has 1 saturated heterocycles. The largest absolute Gasteiger partial charge is 0.480 e. The molecule has 1 amide bonds. The molecular formula is C19H20N2O5S. The summed E-state index contributed by atoms with van der Waals surface area (Å²) in [4.78, 5) is 25.2. The molecule has 7 nitrogen and oxygen atoms in total. The minimum Gasteiger partial charge on any atom is -0.480 e. The number of rotatable bonds is 5. The molecule has 1 heterocycles. The number of hydrogen-bond acceptors (Lipinski definition) is 4. The number of carbonyl (C=O) groups is 2. The van der Waals surface area contributed by atoms with Crippen LogP contribution in [0.1, 0.15) is 23.2 Å². The number of benzene rings is 2. The number of anilines is 1. The van der Waals surface area contributed by atoms with Crippen LogP contribution >= 0.6 is 0 Å². The Morgan fingerprint density at radius 1 is 1.07 bits per heavy atom. The van der Waals surface area contributed by atoms with Crippen molar-refractivity contribution in [3.05, 3.63) is 60.2 Å². The second-order valence-electron chi connectivity index (χ2n) is 6.33. The van der Waals surface area contributed by atoms with E-state index in [9.17, 15) is 23.1 Å². The van der Waals surface area contributed by atoms with E-state index in [2.05, 4.69) is 0 Å². The standard InChI is InChI=1S/C19H20N2O5S/c1-20(15-6-3-2-4-7-15)27(25,26)16-11-9-14(10-12-16)18(22)21-13-5-8-17(21)19(23)24/h2-4,6-7,9-12,17H,5,8,13H2,1H3,(H,23,24)/t17-/m0/s1. The van der Waals surface area contributed by atoms with Gasteiger partial charge in [0.1, 0.15) is 6.04 Å². The maximum atomic E-state index is 12.8. The maximum absolute atomic E-state index is 12.8. The minimum atomic E-state index is -3.76. The lowest BCUT2D eigenvalue weighted by atomic mass is 10.1. The predicted molar refractivity (Wildman–Crippen MR) is 100 cm³/mol. The van der Waals surface area contributed by atoms with Gasteiger partial charge in [0.15, 0.2) is 0 Å². The van der Waals surface area contributed by atoms with Gasteiger partial charge in [0.25, 0.3) is 15.9 Å². The van der Waals surface area contributed by atoms with Crippen molar-refractivity contribution in [3.8, 4) is 0 Å². The van der Waals surface area contributed by atoms with Crippen molar-refractivity contribution in [2.45, 2.75) is 23.8 Å². The van der Waals surface area contributed by atoms with Crippen LogP contribution in [0.5, 0.6) is 0 Å². The number of amides is 1. The zero-order valence-corrected chi connectivity index (χ0v) is 15.6. The molecule has 27 heavy (non-hydrogen) atoms. The van der Waals surface area contributed by atoms with Crippen LogP contribution < -0.4 is 4.31 Å². The van der Waals surface area contributed by atoms with E-state index < -0.39 is 27.9 Å². The molecule has 1 aliphatic rings. The van der Waals surface area contributed by atoms with Crippen LogP contribution in [0.15, 0.2) is 59.5 Å². The Kier molecular flexibility index (Phi) is 5.18. The first-order chi connectivity index (χ1) is 12.8. The molecule has 0 aromatic heterocycles. The summed E-state index contributed by atoms with van der Waals surface area (Å²) < 4.78 is 26.7. The summed E-state index contributed by atoms with van der Waals surface area (Å²) in [5.74, 6) is -1.43. The number of aliphatic carboxylic acids is 1. The van der Waals surface area contributed by atoms with Crippen molar-refractivity contribution in [2.75, 3.05) is 17.9 Å². The second kappa shape index (κ2) is 7.40. The highest BCUT2D eigenvalue weighted by Gasteiger charge is 2.34. The van der Waals surface area contributed by atoms with Crippen molar-refractivity contribution in [2.24, 2.45) is 0 Å². The molecule has 0 radical (unpaired) electrons. The maximum Gasteiger partial charge on any atom is 0.326 e. The molecule has 0 spiro atoms. The molecule has 1 aliphatic heterocycles. The van der Waals surface area contributed by atoms with Gasteiger partial charge in [-0.1, -0.05) is 18.2 Å². The number of carboxylic acid groups (broad SMARTS) is 1. The highest BCUT2D eigenvalue weighted by atomic mass is 32.2. The third-order valence-corrected chi connectivity index (χ3v) is 6.48. The summed E-state index contributed by atoms with van der Waals surface area (Å²) in [7, 11) is -2.30. The van der Waals surface area contributed by atoms with Crippen LogP contribution in [-0.4, -0.2) is 49.9 Å². The van der Waals surface area contributed by atoms with Crippen molar-refractivity contribution in [1.82, 2.24) is 4.90 Å². The van der Waals surface area contributed by atoms with Gasteiger partial charge in [-0.15, -0.1) is 0 Å². The molecule has 1 fully saturated rings. The van der Waals surface area contributed by atoms with Crippen molar-refractivity contribution >= 4 is 27.6 Å². The molecule has 1 atom stereocenters. The fraction of sp³-hybridized carbons (Fsp3) is 0.263. The molecule has 0 unspecified atom stereocenters. The normalized spacial score (nSPS) is 16.9. The SMILES string of the molecule is CN(c1ccccc1)S(=O)(=O)c1ccc(C(=O)N2CCC[C@H]2C(=O)O)cc1. The Morgan fingerprint density at radius 3 is 2.30 bits per heavy atom. The van der Waals surface area contributed by atoms with Crippen LogP contribution in [0, 0.1) is 0 Å². The van der Waals surface area contributed by atoms with Crippen molar-refractivity contribution < 1.29 is 23.1 Å². The van der Waals surface area contributed by atoms with Crippen LogP contribution in [0.2, 0.25) is 0 Å². The van der Waals surface area contributed by atoms with E-state index >= 15 is 0 Å². The minimum absolute atomic E-state index is 0.0570. The second-order valence-corrected chi connectivity index (χ2v) is 8.30. The van der Waals surface area contributed by atoms with Gasteiger partial charge in [-0.3, -0.25) is 9.10 Å². The van der Waals surface area contributed by atoms with E-state index in [1.165, 1.54) is 40.5 Å². The number of para-hydroxylation sites is 1. The molecule has 2 aromatic rings. The van der Waals surface area contributed by atoms with Gasteiger partial charge in [-0.2, -0.15) is 0 Å². The summed E-state index contributed by atoms with van der Waals surface area (Å²) in [6.07, 6.45) is 1.06. The quantitative estimate of drug-likeness (QED) is 0.847. The first-order valence-electron chi connectivity index (χ1n) is 8.50. The van der Waals surface area contributed by atoms with Crippen LogP contribution in [0.4, 0.5) is 5.69 Å². The fourth-order valence-electron chi connectivity index (χ4n) is 3.14. The Balaban J connectivity index is 1.83. The third-order valence-electron chi connectivity index (χ3n) is 4.68. The third kappa shape index (κ3) is 3.66. The first-order valence-corrected chi connectivity index (χ1v) is 9.94. The summed E-state index contributed by atoms with van der Waals surface area (Å²) in [5.41, 5.74) is 0.795. The molecule has 0 bridgehead atoms. The highest BCUT2D eigenvalue weighted by molar-refractivity contribution is 7.92. The number of sulfonamides is 1. The monoisotopic (exact) mass is 388 g/mol. The topological polar surface area (TPSA) is 95.0 Å². The van der Waals surface area contributed by atoms with Gasteiger partial charge in [0.2, 0.25) is 0 Å². The van der Waals surface area contributed by atoms with Crippen molar-refractivity contribution in [3.63, 3.8) is 0 Å². The molecule has 2 aromatic carbocycles. The number of carbonyl (C=O) groups excluding carboxylic acids is 1. The molecular weight excluding hydrogens is 368 g/mol. The van der Waals surface area contributed by atoms with E-state index in [1.54, 1.807) is 30.3 Å². The summed E-state index contributed by atoms with van der Waals surface area (Å²) >= 11 is 0. The lowest BCUT2D eigenvalue weighted by molar-refractivity contribution is -0.141. The molecule has 0 saturated carbocycles. The number of likely N-dealkylation sites (tertiary alicyclic amines) is 1. The van der Waals surface area contributed by atoms with Gasteiger partial charge in [-0.05, 0) is 49.2 Å². The average Bonchev–Trinajstić information content (AvgIpc) is 3.18. The molecule has 3 rings (SSSR count). The molecule has 1 N–H and O–H groups in total. The Labute approximate surface area is 157 Å². The number of hydrogen-bond donors (Lipinski definition) is 1. The fourth-order valence-corrected chi connectivity index (χ4v) is 4.33. The Hall–Kier alpha value is -2.87. The molecule has 0 aliphatic carbocycles. The van der Waals surface area contributed by atoms with Gasteiger partial charge in [0, 0.05) is 19.2 Å². The average molecular weight is 388 g/mol. The summed E-state index contributed by atoms with van der Waals surface area (Å²) in [5, 5.41) is 9.22. The first kappa shape index (κ1) is 18.9. The Morgan fingerprint density at radius 2 is 1.70 bits per heavy atom. The van der Waals surface area contributed by atoms with Gasteiger partial charge < -0.3 is 10.0 Å². The zero-order valence-electron chi connectivity index (χ0n) is 14.8. The predicted octanol–water partition coefficient (Wildman–Crippen LogP) is 2.20.